The van der Waals surface area contributed by atoms with Crippen LogP contribution < -0.4 is 21.7 Å². The Hall–Kier alpha value is -2.75. The third-order valence-electron chi connectivity index (χ3n) is 2.40. The fourth-order valence-corrected chi connectivity index (χ4v) is 1.48. The van der Waals surface area contributed by atoms with Gasteiger partial charge in [0.15, 0.2) is 5.69 Å². The first-order valence-electron chi connectivity index (χ1n) is 5.34. The first kappa shape index (κ1) is 11.7. The van der Waals surface area contributed by atoms with Crippen LogP contribution in [0.1, 0.15) is 5.69 Å². The maximum absolute atomic E-state index is 8.62. The normalized spacial score (nSPS) is 14.3. The summed E-state index contributed by atoms with van der Waals surface area (Å²) in [5, 5.41) is 17.8. The number of nitrogens with one attached hydrogen (secondary N) is 3. The highest BCUT2D eigenvalue weighted by atomic mass is 15.1. The Balaban J connectivity index is 2.12. The van der Waals surface area contributed by atoms with E-state index in [0.717, 1.165) is 17.2 Å². The molecule has 18 heavy (non-hydrogen) atoms. The molecule has 92 valence electrons. The number of nitrogens with zero attached hydrogens (tertiary/aromatic N) is 3. The average molecular weight is 243 g/mol. The molecule has 1 aliphatic rings. The van der Waals surface area contributed by atoms with E-state index in [0.29, 0.717) is 12.4 Å². The molecule has 0 radical (unpaired) electrons. The molecule has 0 bridgehead atoms. The highest BCUT2D eigenvalue weighted by molar-refractivity contribution is 5.43. The highest BCUT2D eigenvalue weighted by Gasteiger charge is 2.09. The molecule has 0 unspecified atom stereocenters. The molecule has 1 aromatic heterocycles. The van der Waals surface area contributed by atoms with E-state index in [1.807, 2.05) is 19.2 Å². The third kappa shape index (κ3) is 2.49. The number of hydrogen-bond donors (Lipinski definition) is 4. The lowest BCUT2D eigenvalue weighted by atomic mass is 10.2. The van der Waals surface area contributed by atoms with Crippen LogP contribution in [0.25, 0.3) is 0 Å². The molecule has 2 heterocycles. The van der Waals surface area contributed by atoms with Crippen molar-refractivity contribution in [1.82, 2.24) is 20.6 Å². The smallest absolute Gasteiger partial charge is 0.158 e. The van der Waals surface area contributed by atoms with Gasteiger partial charge in [-0.3, -0.25) is 0 Å². The van der Waals surface area contributed by atoms with Gasteiger partial charge in [0.05, 0.1) is 30.3 Å². The van der Waals surface area contributed by atoms with Crippen molar-refractivity contribution in [3.8, 4) is 6.07 Å². The van der Waals surface area contributed by atoms with Gasteiger partial charge >= 0.3 is 0 Å². The van der Waals surface area contributed by atoms with E-state index in [4.69, 9.17) is 11.0 Å². The summed E-state index contributed by atoms with van der Waals surface area (Å²) in [7, 11) is 1.81. The predicted molar refractivity (Wildman–Crippen MR) is 66.7 cm³/mol. The van der Waals surface area contributed by atoms with Gasteiger partial charge in [-0.1, -0.05) is 0 Å². The van der Waals surface area contributed by atoms with Gasteiger partial charge in [0.25, 0.3) is 0 Å². The van der Waals surface area contributed by atoms with Crippen molar-refractivity contribution in [3.05, 3.63) is 41.4 Å². The number of likely N-dealkylation sites (N-methyl/N-ethyl adjacent to an activating group) is 1. The predicted octanol–water partition coefficient (Wildman–Crippen LogP) is -0.406. The third-order valence-corrected chi connectivity index (χ3v) is 2.40. The fraction of sp³-hybridized carbons (Fsp3) is 0.182. The second-order valence-electron chi connectivity index (χ2n) is 3.62. The van der Waals surface area contributed by atoms with Crippen LogP contribution in [0, 0.1) is 11.3 Å². The molecule has 0 saturated heterocycles. The summed E-state index contributed by atoms with van der Waals surface area (Å²) in [6, 6.07) is 1.91. The first-order valence-corrected chi connectivity index (χ1v) is 5.34. The molecule has 2 rings (SSSR count). The number of aromatic nitrogens is 2. The van der Waals surface area contributed by atoms with Gasteiger partial charge in [0, 0.05) is 13.1 Å². The Kier molecular flexibility index (Phi) is 3.29. The van der Waals surface area contributed by atoms with E-state index in [1.54, 1.807) is 0 Å². The van der Waals surface area contributed by atoms with Crippen molar-refractivity contribution in [3.63, 3.8) is 0 Å². The van der Waals surface area contributed by atoms with Gasteiger partial charge in [-0.05, 0) is 0 Å². The highest BCUT2D eigenvalue weighted by Crippen LogP contribution is 2.09. The molecule has 1 aliphatic heterocycles. The van der Waals surface area contributed by atoms with Gasteiger partial charge in [0.2, 0.25) is 0 Å². The monoisotopic (exact) mass is 243 g/mol. The molecule has 7 nitrogen and oxygen atoms in total. The number of anilines is 1. The maximum atomic E-state index is 8.62. The number of hydrogen-bond acceptors (Lipinski definition) is 7. The van der Waals surface area contributed by atoms with Crippen LogP contribution >= 0.6 is 0 Å². The SMILES string of the molecule is CNC1=C(N)CNC(Nc2cnc(C#N)cn2)=C1. The number of allylic oxidation sites excluding steroid dienone is 1. The quantitative estimate of drug-likeness (QED) is 0.571. The summed E-state index contributed by atoms with van der Waals surface area (Å²) >= 11 is 0. The van der Waals surface area contributed by atoms with Crippen LogP contribution in [-0.2, 0) is 0 Å². The first-order chi connectivity index (χ1) is 8.72. The molecule has 0 spiro atoms. The molecule has 0 saturated carbocycles. The molecule has 0 fully saturated rings. The molecule has 0 amide bonds. The molecular formula is C11H13N7. The number of nitrogens with two attached hydrogens (primary N) is 1. The largest absolute Gasteiger partial charge is 0.399 e. The van der Waals surface area contributed by atoms with E-state index >= 15 is 0 Å². The van der Waals surface area contributed by atoms with Gasteiger partial charge in [0.1, 0.15) is 17.7 Å². The van der Waals surface area contributed by atoms with Crippen molar-refractivity contribution < 1.29 is 0 Å². The zero-order valence-electron chi connectivity index (χ0n) is 9.86. The van der Waals surface area contributed by atoms with Crippen LogP contribution in [0.15, 0.2) is 35.7 Å². The zero-order valence-corrected chi connectivity index (χ0v) is 9.86. The van der Waals surface area contributed by atoms with Crippen LogP contribution in [0.2, 0.25) is 0 Å². The van der Waals surface area contributed by atoms with E-state index in [2.05, 4.69) is 25.9 Å². The van der Waals surface area contributed by atoms with Crippen molar-refractivity contribution in [2.75, 3.05) is 18.9 Å². The van der Waals surface area contributed by atoms with Crippen LogP contribution in [0.5, 0.6) is 0 Å². The van der Waals surface area contributed by atoms with Crippen molar-refractivity contribution >= 4 is 5.82 Å². The molecule has 1 aromatic rings. The summed E-state index contributed by atoms with van der Waals surface area (Å²) in [4.78, 5) is 7.99. The molecular weight excluding hydrogens is 230 g/mol. The van der Waals surface area contributed by atoms with Crippen LogP contribution in [0.3, 0.4) is 0 Å². The van der Waals surface area contributed by atoms with Gasteiger partial charge < -0.3 is 21.7 Å². The standard InChI is InChI=1S/C11H13N7/c1-14-9-2-10(17-5-8(9)13)18-11-6-15-7(3-12)4-16-11/h2,4,6,14,17H,5,13H2,1H3,(H,16,18). The lowest BCUT2D eigenvalue weighted by Crippen LogP contribution is -2.32. The number of rotatable bonds is 3. The number of dihydropyridines is 1. The molecule has 5 N–H and O–H groups in total. The minimum absolute atomic E-state index is 0.284. The van der Waals surface area contributed by atoms with Gasteiger partial charge in [-0.15, -0.1) is 0 Å². The van der Waals surface area contributed by atoms with E-state index in [1.165, 1.54) is 12.4 Å². The van der Waals surface area contributed by atoms with Gasteiger partial charge in [-0.25, -0.2) is 9.97 Å². The van der Waals surface area contributed by atoms with Crippen LogP contribution in [-0.4, -0.2) is 23.6 Å². The lowest BCUT2D eigenvalue weighted by Gasteiger charge is -2.20. The van der Waals surface area contributed by atoms with Gasteiger partial charge in [-0.2, -0.15) is 5.26 Å². The van der Waals surface area contributed by atoms with E-state index in [-0.39, 0.29) is 5.69 Å². The van der Waals surface area contributed by atoms with Crippen molar-refractivity contribution in [2.24, 2.45) is 5.73 Å². The molecule has 0 aromatic carbocycles. The minimum Gasteiger partial charge on any atom is -0.399 e. The lowest BCUT2D eigenvalue weighted by molar-refractivity contribution is 0.804. The summed E-state index contributed by atoms with van der Waals surface area (Å²) in [6.45, 7) is 0.554. The summed E-state index contributed by atoms with van der Waals surface area (Å²) in [5.74, 6) is 1.33. The summed E-state index contributed by atoms with van der Waals surface area (Å²) < 4.78 is 0. The fourth-order valence-electron chi connectivity index (χ4n) is 1.48. The number of nitriles is 1. The van der Waals surface area contributed by atoms with E-state index in [9.17, 15) is 0 Å². The maximum Gasteiger partial charge on any atom is 0.158 e. The van der Waals surface area contributed by atoms with Crippen LogP contribution in [0.4, 0.5) is 5.82 Å². The van der Waals surface area contributed by atoms with E-state index < -0.39 is 0 Å². The topological polar surface area (TPSA) is 112 Å². The second-order valence-corrected chi connectivity index (χ2v) is 3.62. The molecule has 0 aliphatic carbocycles. The second kappa shape index (κ2) is 5.05. The molecule has 0 atom stereocenters. The Bertz CT molecular complexity index is 536. The summed E-state index contributed by atoms with van der Waals surface area (Å²) in [6.07, 6.45) is 4.76. The Morgan fingerprint density at radius 2 is 2.28 bits per heavy atom. The average Bonchev–Trinajstić information content (AvgIpc) is 2.42. The Labute approximate surface area is 104 Å². The Morgan fingerprint density at radius 3 is 2.89 bits per heavy atom. The Morgan fingerprint density at radius 1 is 1.44 bits per heavy atom. The van der Waals surface area contributed by atoms with Crippen molar-refractivity contribution in [2.45, 2.75) is 0 Å². The minimum atomic E-state index is 0.284. The summed E-state index contributed by atoms with van der Waals surface area (Å²) in [5.41, 5.74) is 7.69. The molecule has 7 heteroatoms. The van der Waals surface area contributed by atoms with Crippen molar-refractivity contribution in [1.29, 1.82) is 5.26 Å². The zero-order chi connectivity index (χ0) is 13.0.